The number of guanidine groups is 1. The summed E-state index contributed by atoms with van der Waals surface area (Å²) in [7, 11) is 1.79. The largest absolute Gasteiger partial charge is 0.490 e. The fourth-order valence-corrected chi connectivity index (χ4v) is 3.55. The van der Waals surface area contributed by atoms with E-state index < -0.39 is 0 Å². The summed E-state index contributed by atoms with van der Waals surface area (Å²) in [5.74, 6) is 2.43. The van der Waals surface area contributed by atoms with Crippen LogP contribution >= 0.6 is 24.0 Å². The number of aryl methyl sites for hydroxylation is 1. The average molecular weight is 520 g/mol. The van der Waals surface area contributed by atoms with Crippen LogP contribution in [-0.4, -0.2) is 37.7 Å². The summed E-state index contributed by atoms with van der Waals surface area (Å²) >= 11 is 0. The summed E-state index contributed by atoms with van der Waals surface area (Å²) in [4.78, 5) is 7.69. The number of aromatic nitrogens is 1. The number of benzene rings is 2. The molecule has 2 heterocycles. The molecule has 0 saturated heterocycles. The van der Waals surface area contributed by atoms with Crippen LogP contribution in [0.4, 0.5) is 0 Å². The Labute approximate surface area is 194 Å². The van der Waals surface area contributed by atoms with Crippen LogP contribution in [0, 0.1) is 6.92 Å². The Morgan fingerprint density at radius 3 is 2.73 bits per heavy atom. The number of fused-ring (bicyclic) bond motifs is 2. The molecular weight excluding hydrogens is 491 g/mol. The Morgan fingerprint density at radius 2 is 1.90 bits per heavy atom. The lowest BCUT2D eigenvalue weighted by Crippen LogP contribution is -2.37. The molecule has 2 aromatic carbocycles. The van der Waals surface area contributed by atoms with E-state index in [1.54, 1.807) is 7.05 Å². The highest BCUT2D eigenvalue weighted by atomic mass is 127. The molecule has 30 heavy (non-hydrogen) atoms. The standard InChI is InChI=1S/C23H28N4O2.HI/c1-16-4-6-19-18(15-26-20(19)12-16)8-9-25-23(24-2)27-14-17-5-7-21-22(13-17)29-11-3-10-28-21;/h4-7,12-13,15,26H,3,8-11,14H2,1-2H3,(H2,24,25,27);1H. The van der Waals surface area contributed by atoms with E-state index >= 15 is 0 Å². The molecule has 1 aliphatic heterocycles. The Morgan fingerprint density at radius 1 is 1.07 bits per heavy atom. The number of halogens is 1. The first-order valence-corrected chi connectivity index (χ1v) is 10.1. The van der Waals surface area contributed by atoms with Crippen LogP contribution in [0.3, 0.4) is 0 Å². The van der Waals surface area contributed by atoms with Gasteiger partial charge in [-0.15, -0.1) is 24.0 Å². The second-order valence-corrected chi connectivity index (χ2v) is 7.30. The normalized spacial score (nSPS) is 13.5. The molecule has 0 spiro atoms. The van der Waals surface area contributed by atoms with E-state index in [2.05, 4.69) is 58.0 Å². The van der Waals surface area contributed by atoms with Gasteiger partial charge in [-0.05, 0) is 48.2 Å². The van der Waals surface area contributed by atoms with Gasteiger partial charge in [-0.25, -0.2) is 0 Å². The molecule has 1 aliphatic rings. The van der Waals surface area contributed by atoms with Crippen molar-refractivity contribution in [2.75, 3.05) is 26.8 Å². The number of nitrogens with zero attached hydrogens (tertiary/aromatic N) is 1. The van der Waals surface area contributed by atoms with Gasteiger partial charge < -0.3 is 25.1 Å². The van der Waals surface area contributed by atoms with Gasteiger partial charge in [0.05, 0.1) is 13.2 Å². The number of aliphatic imine (C=N–C) groups is 1. The monoisotopic (exact) mass is 520 g/mol. The maximum Gasteiger partial charge on any atom is 0.191 e. The topological polar surface area (TPSA) is 70.7 Å². The second kappa shape index (κ2) is 10.6. The van der Waals surface area contributed by atoms with Crippen molar-refractivity contribution in [2.45, 2.75) is 26.3 Å². The van der Waals surface area contributed by atoms with Crippen molar-refractivity contribution in [3.05, 3.63) is 59.3 Å². The molecule has 7 heteroatoms. The Balaban J connectivity index is 0.00000256. The lowest BCUT2D eigenvalue weighted by molar-refractivity contribution is 0.297. The minimum absolute atomic E-state index is 0. The van der Waals surface area contributed by atoms with Gasteiger partial charge in [0.1, 0.15) is 0 Å². The van der Waals surface area contributed by atoms with E-state index in [0.29, 0.717) is 19.8 Å². The van der Waals surface area contributed by atoms with Crippen LogP contribution in [0.2, 0.25) is 0 Å². The average Bonchev–Trinajstić information content (AvgIpc) is 2.97. The molecule has 6 nitrogen and oxygen atoms in total. The third-order valence-electron chi connectivity index (χ3n) is 5.11. The van der Waals surface area contributed by atoms with Gasteiger partial charge in [0.15, 0.2) is 17.5 Å². The maximum absolute atomic E-state index is 5.77. The maximum atomic E-state index is 5.77. The van der Waals surface area contributed by atoms with Crippen molar-refractivity contribution in [3.8, 4) is 11.5 Å². The van der Waals surface area contributed by atoms with E-state index in [4.69, 9.17) is 9.47 Å². The molecule has 0 fully saturated rings. The molecule has 0 saturated carbocycles. The zero-order valence-electron chi connectivity index (χ0n) is 17.5. The Kier molecular flexibility index (Phi) is 7.84. The number of aromatic amines is 1. The molecule has 0 amide bonds. The molecular formula is C23H29IN4O2. The van der Waals surface area contributed by atoms with Crippen LogP contribution in [0.5, 0.6) is 11.5 Å². The van der Waals surface area contributed by atoms with Crippen molar-refractivity contribution in [1.82, 2.24) is 15.6 Å². The zero-order chi connectivity index (χ0) is 20.1. The van der Waals surface area contributed by atoms with Crippen molar-refractivity contribution >= 4 is 40.8 Å². The summed E-state index contributed by atoms with van der Waals surface area (Å²) in [5.41, 5.74) is 4.90. The lowest BCUT2D eigenvalue weighted by atomic mass is 10.1. The molecule has 0 unspecified atom stereocenters. The highest BCUT2D eigenvalue weighted by molar-refractivity contribution is 14.0. The molecule has 0 radical (unpaired) electrons. The minimum atomic E-state index is 0. The quantitative estimate of drug-likeness (QED) is 0.269. The van der Waals surface area contributed by atoms with Crippen molar-refractivity contribution in [2.24, 2.45) is 4.99 Å². The summed E-state index contributed by atoms with van der Waals surface area (Å²) in [5, 5.41) is 8.05. The van der Waals surface area contributed by atoms with Crippen molar-refractivity contribution in [1.29, 1.82) is 0 Å². The number of nitrogens with one attached hydrogen (secondary N) is 3. The summed E-state index contributed by atoms with van der Waals surface area (Å²) in [6.07, 6.45) is 3.93. The fourth-order valence-electron chi connectivity index (χ4n) is 3.55. The summed E-state index contributed by atoms with van der Waals surface area (Å²) in [6.45, 7) is 4.99. The highest BCUT2D eigenvalue weighted by Gasteiger charge is 2.11. The second-order valence-electron chi connectivity index (χ2n) is 7.30. The first-order valence-electron chi connectivity index (χ1n) is 10.1. The molecule has 160 valence electrons. The first kappa shape index (κ1) is 22.3. The zero-order valence-corrected chi connectivity index (χ0v) is 19.8. The van der Waals surface area contributed by atoms with Crippen LogP contribution in [-0.2, 0) is 13.0 Å². The van der Waals surface area contributed by atoms with E-state index in [0.717, 1.165) is 42.4 Å². The third kappa shape index (κ3) is 5.38. The van der Waals surface area contributed by atoms with Gasteiger partial charge in [0, 0.05) is 43.7 Å². The van der Waals surface area contributed by atoms with Crippen LogP contribution < -0.4 is 20.1 Å². The number of H-pyrrole nitrogens is 1. The van der Waals surface area contributed by atoms with E-state index in [-0.39, 0.29) is 24.0 Å². The van der Waals surface area contributed by atoms with Crippen molar-refractivity contribution in [3.63, 3.8) is 0 Å². The number of hydrogen-bond acceptors (Lipinski definition) is 3. The van der Waals surface area contributed by atoms with Gasteiger partial charge >= 0.3 is 0 Å². The highest BCUT2D eigenvalue weighted by Crippen LogP contribution is 2.30. The predicted molar refractivity (Wildman–Crippen MR) is 132 cm³/mol. The third-order valence-corrected chi connectivity index (χ3v) is 5.11. The molecule has 3 aromatic rings. The van der Waals surface area contributed by atoms with Gasteiger partial charge in [0.2, 0.25) is 0 Å². The summed E-state index contributed by atoms with van der Waals surface area (Å²) in [6, 6.07) is 12.6. The van der Waals surface area contributed by atoms with Gasteiger partial charge in [-0.1, -0.05) is 18.2 Å². The molecule has 1 aromatic heterocycles. The van der Waals surface area contributed by atoms with Crippen LogP contribution in [0.25, 0.3) is 10.9 Å². The molecule has 0 bridgehead atoms. The first-order chi connectivity index (χ1) is 14.2. The molecule has 3 N–H and O–H groups in total. The fraction of sp³-hybridized carbons (Fsp3) is 0.348. The van der Waals surface area contributed by atoms with E-state index in [9.17, 15) is 0 Å². The number of rotatable bonds is 5. The van der Waals surface area contributed by atoms with Gasteiger partial charge in [-0.3, -0.25) is 4.99 Å². The van der Waals surface area contributed by atoms with E-state index in [1.165, 1.54) is 22.0 Å². The van der Waals surface area contributed by atoms with E-state index in [1.807, 2.05) is 12.1 Å². The number of ether oxygens (including phenoxy) is 2. The van der Waals surface area contributed by atoms with Crippen molar-refractivity contribution < 1.29 is 9.47 Å². The summed E-state index contributed by atoms with van der Waals surface area (Å²) < 4.78 is 11.5. The van der Waals surface area contributed by atoms with Gasteiger partial charge in [-0.2, -0.15) is 0 Å². The lowest BCUT2D eigenvalue weighted by Gasteiger charge is -2.13. The van der Waals surface area contributed by atoms with Crippen LogP contribution in [0.1, 0.15) is 23.1 Å². The van der Waals surface area contributed by atoms with Crippen LogP contribution in [0.15, 0.2) is 47.6 Å². The Bertz CT molecular complexity index is 1020. The molecule has 0 aliphatic carbocycles. The minimum Gasteiger partial charge on any atom is -0.490 e. The smallest absolute Gasteiger partial charge is 0.191 e. The number of hydrogen-bond donors (Lipinski definition) is 3. The predicted octanol–water partition coefficient (Wildman–Crippen LogP) is 4.16. The molecule has 4 rings (SSSR count). The SMILES string of the molecule is CN=C(NCCc1c[nH]c2cc(C)ccc12)NCc1ccc2c(c1)OCCCO2.I. The van der Waals surface area contributed by atoms with Gasteiger partial charge in [0.25, 0.3) is 0 Å². The Hall–Kier alpha value is -2.42. The molecule has 0 atom stereocenters.